The van der Waals surface area contributed by atoms with Gasteiger partial charge in [-0.2, -0.15) is 0 Å². The van der Waals surface area contributed by atoms with Crippen molar-refractivity contribution in [2.75, 3.05) is 20.3 Å². The number of hydrogen-bond donors (Lipinski definition) is 1. The summed E-state index contributed by atoms with van der Waals surface area (Å²) in [6.07, 6.45) is 2.14. The summed E-state index contributed by atoms with van der Waals surface area (Å²) in [5, 5.41) is 5.38. The predicted octanol–water partition coefficient (Wildman–Crippen LogP) is 2.57. The Bertz CT molecular complexity index is 507. The summed E-state index contributed by atoms with van der Waals surface area (Å²) in [5.41, 5.74) is 2.45. The first-order valence-corrected chi connectivity index (χ1v) is 6.03. The summed E-state index contributed by atoms with van der Waals surface area (Å²) in [6, 6.07) is 6.00. The normalized spacial score (nSPS) is 11.2. The number of fused-ring (bicyclic) bond motifs is 1. The van der Waals surface area contributed by atoms with Gasteiger partial charge in [0.15, 0.2) is 0 Å². The summed E-state index contributed by atoms with van der Waals surface area (Å²) in [4.78, 5) is 0. The van der Waals surface area contributed by atoms with Gasteiger partial charge in [0.05, 0.1) is 6.61 Å². The summed E-state index contributed by atoms with van der Waals surface area (Å²) in [7, 11) is 3.75. The molecule has 0 amide bonds. The lowest BCUT2D eigenvalue weighted by atomic mass is 10.2. The molecule has 0 bridgehead atoms. The van der Waals surface area contributed by atoms with Crippen LogP contribution in [0.25, 0.3) is 10.9 Å². The van der Waals surface area contributed by atoms with Crippen molar-refractivity contribution in [3.8, 4) is 0 Å². The van der Waals surface area contributed by atoms with E-state index in [4.69, 9.17) is 16.3 Å². The van der Waals surface area contributed by atoms with E-state index in [0.29, 0.717) is 0 Å². The van der Waals surface area contributed by atoms with Crippen molar-refractivity contribution in [1.82, 2.24) is 9.88 Å². The average Bonchev–Trinajstić information content (AvgIpc) is 2.62. The van der Waals surface area contributed by atoms with Gasteiger partial charge in [-0.3, -0.25) is 0 Å². The molecular weight excluding hydrogens is 236 g/mol. The largest absolute Gasteiger partial charge is 0.383 e. The Hall–Kier alpha value is -1.03. The molecule has 1 N–H and O–H groups in total. The first-order chi connectivity index (χ1) is 8.22. The molecule has 1 heterocycles. The molecule has 4 heteroatoms. The quantitative estimate of drug-likeness (QED) is 0.828. The van der Waals surface area contributed by atoms with E-state index in [-0.39, 0.29) is 0 Å². The van der Waals surface area contributed by atoms with E-state index in [2.05, 4.69) is 22.1 Å². The molecular formula is C13H17ClN2O. The van der Waals surface area contributed by atoms with Gasteiger partial charge in [-0.25, -0.2) is 0 Å². The minimum Gasteiger partial charge on any atom is -0.383 e. The van der Waals surface area contributed by atoms with Gasteiger partial charge in [0.1, 0.15) is 0 Å². The molecule has 3 nitrogen and oxygen atoms in total. The highest BCUT2D eigenvalue weighted by atomic mass is 35.5. The van der Waals surface area contributed by atoms with E-state index in [1.165, 1.54) is 16.5 Å². The van der Waals surface area contributed by atoms with Crippen LogP contribution in [-0.4, -0.2) is 24.8 Å². The smallest absolute Gasteiger partial charge is 0.0587 e. The van der Waals surface area contributed by atoms with Gasteiger partial charge < -0.3 is 14.6 Å². The molecule has 0 aliphatic carbocycles. The highest BCUT2D eigenvalue weighted by molar-refractivity contribution is 6.31. The summed E-state index contributed by atoms with van der Waals surface area (Å²) in [5.74, 6) is 0. The van der Waals surface area contributed by atoms with Crippen molar-refractivity contribution in [3.63, 3.8) is 0 Å². The Labute approximate surface area is 106 Å². The molecule has 0 aliphatic rings. The molecule has 0 fully saturated rings. The molecule has 0 atom stereocenters. The number of rotatable bonds is 5. The third-order valence-electron chi connectivity index (χ3n) is 2.83. The standard InChI is InChI=1S/C13H17ClN2O/c1-16-9-10(8-15-5-6-17-2)12-4-3-11(14)7-13(12)16/h3-4,7,9,15H,5-6,8H2,1-2H3. The third-order valence-corrected chi connectivity index (χ3v) is 3.07. The van der Waals surface area contributed by atoms with E-state index in [0.717, 1.165) is 24.7 Å². The van der Waals surface area contributed by atoms with Crippen LogP contribution in [0.4, 0.5) is 0 Å². The Morgan fingerprint density at radius 1 is 1.41 bits per heavy atom. The molecule has 0 aliphatic heterocycles. The number of ether oxygens (including phenoxy) is 1. The third kappa shape index (κ3) is 2.80. The van der Waals surface area contributed by atoms with E-state index in [9.17, 15) is 0 Å². The van der Waals surface area contributed by atoms with Crippen molar-refractivity contribution < 1.29 is 4.74 Å². The number of methoxy groups -OCH3 is 1. The molecule has 0 spiro atoms. The van der Waals surface area contributed by atoms with Gasteiger partial charge in [0.2, 0.25) is 0 Å². The fourth-order valence-corrected chi connectivity index (χ4v) is 2.15. The van der Waals surface area contributed by atoms with E-state index in [1.54, 1.807) is 7.11 Å². The van der Waals surface area contributed by atoms with Crippen molar-refractivity contribution in [2.24, 2.45) is 7.05 Å². The van der Waals surface area contributed by atoms with Crippen LogP contribution in [0.3, 0.4) is 0 Å². The highest BCUT2D eigenvalue weighted by Crippen LogP contribution is 2.23. The van der Waals surface area contributed by atoms with Gasteiger partial charge in [-0.05, 0) is 17.7 Å². The molecule has 0 saturated carbocycles. The summed E-state index contributed by atoms with van der Waals surface area (Å²) in [6.45, 7) is 2.44. The number of benzene rings is 1. The Kier molecular flexibility index (Phi) is 4.05. The molecule has 1 aromatic heterocycles. The molecule has 2 aromatic rings. The molecule has 1 aromatic carbocycles. The van der Waals surface area contributed by atoms with Crippen molar-refractivity contribution in [1.29, 1.82) is 0 Å². The van der Waals surface area contributed by atoms with Crippen LogP contribution in [0.5, 0.6) is 0 Å². The fourth-order valence-electron chi connectivity index (χ4n) is 1.98. The highest BCUT2D eigenvalue weighted by Gasteiger charge is 2.06. The molecule has 2 rings (SSSR count). The zero-order valence-corrected chi connectivity index (χ0v) is 10.9. The molecule has 92 valence electrons. The van der Waals surface area contributed by atoms with Crippen LogP contribution < -0.4 is 5.32 Å². The number of aromatic nitrogens is 1. The number of hydrogen-bond acceptors (Lipinski definition) is 2. The second-order valence-corrected chi connectivity index (χ2v) is 4.53. The lowest BCUT2D eigenvalue weighted by Crippen LogP contribution is -2.18. The van der Waals surface area contributed by atoms with Crippen LogP contribution in [0, 0.1) is 0 Å². The Morgan fingerprint density at radius 3 is 3.00 bits per heavy atom. The second-order valence-electron chi connectivity index (χ2n) is 4.10. The van der Waals surface area contributed by atoms with Gasteiger partial charge in [0, 0.05) is 49.4 Å². The number of nitrogens with one attached hydrogen (secondary N) is 1. The van der Waals surface area contributed by atoms with Crippen LogP contribution in [-0.2, 0) is 18.3 Å². The fraction of sp³-hybridized carbons (Fsp3) is 0.385. The van der Waals surface area contributed by atoms with E-state index >= 15 is 0 Å². The van der Waals surface area contributed by atoms with Gasteiger partial charge >= 0.3 is 0 Å². The topological polar surface area (TPSA) is 26.2 Å². The van der Waals surface area contributed by atoms with Crippen LogP contribution >= 0.6 is 11.6 Å². The monoisotopic (exact) mass is 252 g/mol. The SMILES string of the molecule is COCCNCc1cn(C)c2cc(Cl)ccc12. The lowest BCUT2D eigenvalue weighted by Gasteiger charge is -2.02. The maximum absolute atomic E-state index is 6.00. The van der Waals surface area contributed by atoms with E-state index in [1.807, 2.05) is 19.2 Å². The zero-order chi connectivity index (χ0) is 12.3. The van der Waals surface area contributed by atoms with Gasteiger partial charge in [-0.1, -0.05) is 17.7 Å². The average molecular weight is 253 g/mol. The van der Waals surface area contributed by atoms with Crippen molar-refractivity contribution in [2.45, 2.75) is 6.54 Å². The number of aryl methyl sites for hydroxylation is 1. The van der Waals surface area contributed by atoms with Crippen LogP contribution in [0.15, 0.2) is 24.4 Å². The summed E-state index contributed by atoms with van der Waals surface area (Å²) >= 11 is 6.00. The summed E-state index contributed by atoms with van der Waals surface area (Å²) < 4.78 is 7.11. The number of halogens is 1. The Morgan fingerprint density at radius 2 is 2.24 bits per heavy atom. The predicted molar refractivity (Wildman–Crippen MR) is 71.5 cm³/mol. The van der Waals surface area contributed by atoms with Gasteiger partial charge in [-0.15, -0.1) is 0 Å². The lowest BCUT2D eigenvalue weighted by molar-refractivity contribution is 0.199. The Balaban J connectivity index is 2.17. The first-order valence-electron chi connectivity index (χ1n) is 5.65. The van der Waals surface area contributed by atoms with Crippen molar-refractivity contribution in [3.05, 3.63) is 35.0 Å². The molecule has 0 saturated heterocycles. The minimum atomic E-state index is 0.733. The zero-order valence-electron chi connectivity index (χ0n) is 10.2. The maximum atomic E-state index is 6.00. The number of nitrogens with zero attached hydrogens (tertiary/aromatic N) is 1. The van der Waals surface area contributed by atoms with Crippen LogP contribution in [0.1, 0.15) is 5.56 Å². The van der Waals surface area contributed by atoms with E-state index < -0.39 is 0 Å². The molecule has 17 heavy (non-hydrogen) atoms. The second kappa shape index (κ2) is 5.54. The maximum Gasteiger partial charge on any atom is 0.0587 e. The molecule has 0 unspecified atom stereocenters. The minimum absolute atomic E-state index is 0.733. The van der Waals surface area contributed by atoms with Crippen molar-refractivity contribution >= 4 is 22.5 Å². The molecule has 0 radical (unpaired) electrons. The first kappa shape index (κ1) is 12.4. The van der Waals surface area contributed by atoms with Gasteiger partial charge in [0.25, 0.3) is 0 Å². The van der Waals surface area contributed by atoms with Crippen LogP contribution in [0.2, 0.25) is 5.02 Å².